The van der Waals surface area contributed by atoms with Gasteiger partial charge in [-0.05, 0) is 42.9 Å². The van der Waals surface area contributed by atoms with E-state index < -0.39 is 6.10 Å². The van der Waals surface area contributed by atoms with Gasteiger partial charge in [0.05, 0.1) is 12.7 Å². The Kier molecular flexibility index (Phi) is 2.08. The molecule has 3 aliphatic rings. The number of hydrogen-bond acceptors (Lipinski definition) is 3. The molecule has 0 radical (unpaired) electrons. The van der Waals surface area contributed by atoms with Crippen molar-refractivity contribution in [2.75, 3.05) is 13.2 Å². The Balaban J connectivity index is 1.50. The minimum Gasteiger partial charge on any atom is -0.394 e. The van der Waals surface area contributed by atoms with Crippen LogP contribution in [0, 0.1) is 23.7 Å². The quantitative estimate of drug-likeness (QED) is 0.593. The van der Waals surface area contributed by atoms with Gasteiger partial charge in [-0.25, -0.2) is 0 Å². The van der Waals surface area contributed by atoms with Crippen molar-refractivity contribution < 1.29 is 10.2 Å². The van der Waals surface area contributed by atoms with Gasteiger partial charge >= 0.3 is 0 Å². The Morgan fingerprint density at radius 3 is 2.43 bits per heavy atom. The first kappa shape index (κ1) is 9.13. The van der Waals surface area contributed by atoms with E-state index in [0.29, 0.717) is 12.6 Å². The van der Waals surface area contributed by atoms with E-state index in [1.54, 1.807) is 0 Å². The third-order valence-corrected chi connectivity index (χ3v) is 4.54. The van der Waals surface area contributed by atoms with Gasteiger partial charge in [0.1, 0.15) is 0 Å². The molecule has 5 atom stereocenters. The van der Waals surface area contributed by atoms with Crippen molar-refractivity contribution >= 4 is 0 Å². The van der Waals surface area contributed by atoms with E-state index in [2.05, 4.69) is 5.32 Å². The molecule has 80 valence electrons. The van der Waals surface area contributed by atoms with E-state index in [4.69, 9.17) is 5.11 Å². The molecule has 0 saturated heterocycles. The third kappa shape index (κ3) is 1.23. The van der Waals surface area contributed by atoms with Gasteiger partial charge in [0, 0.05) is 12.6 Å². The Hall–Kier alpha value is -0.120. The largest absolute Gasteiger partial charge is 0.394 e. The fourth-order valence-electron chi connectivity index (χ4n) is 3.93. The Morgan fingerprint density at radius 1 is 1.21 bits per heavy atom. The molecule has 3 aliphatic carbocycles. The molecule has 3 heteroatoms. The summed E-state index contributed by atoms with van der Waals surface area (Å²) in [4.78, 5) is 0. The van der Waals surface area contributed by atoms with Crippen molar-refractivity contribution in [2.24, 2.45) is 23.7 Å². The predicted molar refractivity (Wildman–Crippen MR) is 52.7 cm³/mol. The zero-order valence-electron chi connectivity index (χ0n) is 8.39. The summed E-state index contributed by atoms with van der Waals surface area (Å²) in [6, 6.07) is 0.669. The molecule has 0 aromatic rings. The summed E-state index contributed by atoms with van der Waals surface area (Å²) in [5, 5.41) is 21.3. The number of hydrogen-bond donors (Lipinski definition) is 3. The van der Waals surface area contributed by atoms with E-state index in [1.807, 2.05) is 0 Å². The SMILES string of the molecule is OC[C@@H](O)CNC1C2C3CCC(C3)C12. The molecule has 0 aromatic carbocycles. The van der Waals surface area contributed by atoms with Crippen molar-refractivity contribution in [3.8, 4) is 0 Å². The standard InChI is InChI=1S/C11H19NO2/c13-5-8(14)4-12-11-9-6-1-2-7(3-6)10(9)11/h6-14H,1-5H2/t6?,7?,8-,9?,10?,11?/m0/s1. The molecule has 4 unspecified atom stereocenters. The summed E-state index contributed by atoms with van der Waals surface area (Å²) < 4.78 is 0. The summed E-state index contributed by atoms with van der Waals surface area (Å²) in [7, 11) is 0. The van der Waals surface area contributed by atoms with Crippen LogP contribution in [0.5, 0.6) is 0 Å². The van der Waals surface area contributed by atoms with Crippen LogP contribution in [0.15, 0.2) is 0 Å². The van der Waals surface area contributed by atoms with Crippen molar-refractivity contribution in [1.29, 1.82) is 0 Å². The first-order valence-corrected chi connectivity index (χ1v) is 5.83. The average Bonchev–Trinajstić information content (AvgIpc) is 2.60. The molecular formula is C11H19NO2. The smallest absolute Gasteiger partial charge is 0.0895 e. The van der Waals surface area contributed by atoms with Crippen molar-refractivity contribution in [1.82, 2.24) is 5.32 Å². The van der Waals surface area contributed by atoms with Gasteiger partial charge in [-0.2, -0.15) is 0 Å². The normalized spacial score (nSPS) is 50.6. The third-order valence-electron chi connectivity index (χ3n) is 4.54. The zero-order chi connectivity index (χ0) is 9.71. The van der Waals surface area contributed by atoms with Gasteiger partial charge in [0.15, 0.2) is 0 Å². The van der Waals surface area contributed by atoms with Gasteiger partial charge in [-0.1, -0.05) is 0 Å². The first-order chi connectivity index (χ1) is 6.81. The van der Waals surface area contributed by atoms with E-state index in [-0.39, 0.29) is 6.61 Å². The summed E-state index contributed by atoms with van der Waals surface area (Å²) >= 11 is 0. The fourth-order valence-corrected chi connectivity index (χ4v) is 3.93. The molecule has 2 bridgehead atoms. The Bertz CT molecular complexity index is 217. The highest BCUT2D eigenvalue weighted by molar-refractivity contribution is 5.16. The number of fused-ring (bicyclic) bond motifs is 5. The second kappa shape index (κ2) is 3.19. The first-order valence-electron chi connectivity index (χ1n) is 5.83. The molecule has 3 nitrogen and oxygen atoms in total. The highest BCUT2D eigenvalue weighted by atomic mass is 16.3. The molecule has 0 aromatic heterocycles. The minimum absolute atomic E-state index is 0.123. The number of nitrogens with one attached hydrogen (secondary N) is 1. The second-order valence-electron chi connectivity index (χ2n) is 5.26. The Morgan fingerprint density at radius 2 is 1.86 bits per heavy atom. The van der Waals surface area contributed by atoms with Gasteiger partial charge < -0.3 is 15.5 Å². The van der Waals surface area contributed by atoms with Gasteiger partial charge in [-0.15, -0.1) is 0 Å². The number of rotatable bonds is 4. The predicted octanol–water partition coefficient (Wildman–Crippen LogP) is -0.0263. The molecule has 0 amide bonds. The Labute approximate surface area is 84.5 Å². The van der Waals surface area contributed by atoms with Crippen LogP contribution in [0.25, 0.3) is 0 Å². The van der Waals surface area contributed by atoms with E-state index in [0.717, 1.165) is 23.7 Å². The summed E-state index contributed by atoms with van der Waals surface area (Å²) in [5.74, 6) is 3.79. The molecule has 14 heavy (non-hydrogen) atoms. The molecule has 0 heterocycles. The van der Waals surface area contributed by atoms with Crippen LogP contribution in [0.4, 0.5) is 0 Å². The van der Waals surface area contributed by atoms with Crippen LogP contribution in [0.2, 0.25) is 0 Å². The lowest BCUT2D eigenvalue weighted by Gasteiger charge is -2.12. The number of aliphatic hydroxyl groups is 2. The molecule has 0 aliphatic heterocycles. The van der Waals surface area contributed by atoms with Crippen LogP contribution in [0.3, 0.4) is 0 Å². The topological polar surface area (TPSA) is 52.5 Å². The lowest BCUT2D eigenvalue weighted by molar-refractivity contribution is 0.0931. The highest BCUT2D eigenvalue weighted by Gasteiger charge is 2.64. The summed E-state index contributed by atoms with van der Waals surface area (Å²) in [6.45, 7) is 0.440. The number of aliphatic hydroxyl groups excluding tert-OH is 2. The maximum atomic E-state index is 9.23. The zero-order valence-corrected chi connectivity index (χ0v) is 8.39. The van der Waals surface area contributed by atoms with Crippen LogP contribution in [-0.4, -0.2) is 35.5 Å². The highest BCUT2D eigenvalue weighted by Crippen LogP contribution is 2.65. The van der Waals surface area contributed by atoms with Gasteiger partial charge in [-0.3, -0.25) is 0 Å². The van der Waals surface area contributed by atoms with Crippen LogP contribution in [-0.2, 0) is 0 Å². The van der Waals surface area contributed by atoms with E-state index >= 15 is 0 Å². The molecular weight excluding hydrogens is 178 g/mol. The average molecular weight is 197 g/mol. The van der Waals surface area contributed by atoms with Crippen molar-refractivity contribution in [2.45, 2.75) is 31.4 Å². The molecule has 3 fully saturated rings. The van der Waals surface area contributed by atoms with Gasteiger partial charge in [0.2, 0.25) is 0 Å². The van der Waals surface area contributed by atoms with Crippen molar-refractivity contribution in [3.63, 3.8) is 0 Å². The lowest BCUT2D eigenvalue weighted by atomic mass is 10.0. The summed E-state index contributed by atoms with van der Waals surface area (Å²) in [5.41, 5.74) is 0. The van der Waals surface area contributed by atoms with E-state index in [9.17, 15) is 5.11 Å². The van der Waals surface area contributed by atoms with Crippen LogP contribution >= 0.6 is 0 Å². The maximum absolute atomic E-state index is 9.23. The molecule has 3 rings (SSSR count). The molecule has 3 saturated carbocycles. The molecule has 0 spiro atoms. The van der Waals surface area contributed by atoms with Crippen molar-refractivity contribution in [3.05, 3.63) is 0 Å². The van der Waals surface area contributed by atoms with Gasteiger partial charge in [0.25, 0.3) is 0 Å². The lowest BCUT2D eigenvalue weighted by Crippen LogP contribution is -2.33. The fraction of sp³-hybridized carbons (Fsp3) is 1.00. The van der Waals surface area contributed by atoms with Crippen LogP contribution < -0.4 is 5.32 Å². The van der Waals surface area contributed by atoms with Crippen LogP contribution in [0.1, 0.15) is 19.3 Å². The summed E-state index contributed by atoms with van der Waals surface area (Å²) in [6.07, 6.45) is 3.77. The molecule has 3 N–H and O–H groups in total. The monoisotopic (exact) mass is 197 g/mol. The second-order valence-corrected chi connectivity index (χ2v) is 5.26. The maximum Gasteiger partial charge on any atom is 0.0895 e. The van der Waals surface area contributed by atoms with E-state index in [1.165, 1.54) is 19.3 Å². The minimum atomic E-state index is -0.575.